The molecule has 2 amide bonds. The molecule has 1 aromatic heterocycles. The van der Waals surface area contributed by atoms with Gasteiger partial charge in [0.25, 0.3) is 5.91 Å². The number of hydrogen-bond donors (Lipinski definition) is 4. The van der Waals surface area contributed by atoms with Crippen molar-refractivity contribution in [2.45, 2.75) is 26.3 Å². The van der Waals surface area contributed by atoms with Crippen LogP contribution >= 0.6 is 0 Å². The highest BCUT2D eigenvalue weighted by Crippen LogP contribution is 2.15. The highest BCUT2D eigenvalue weighted by molar-refractivity contribution is 5.92. The maximum absolute atomic E-state index is 11.6. The average molecular weight is 265 g/mol. The third-order valence-corrected chi connectivity index (χ3v) is 2.11. The number of anilines is 2. The molecule has 0 unspecified atom stereocenters. The minimum Gasteiger partial charge on any atom is -0.396 e. The summed E-state index contributed by atoms with van der Waals surface area (Å²) in [6.45, 7) is 5.65. The first-order valence-electron chi connectivity index (χ1n) is 5.80. The summed E-state index contributed by atoms with van der Waals surface area (Å²) in [4.78, 5) is 26.6. The van der Waals surface area contributed by atoms with E-state index in [1.165, 1.54) is 12.1 Å². The van der Waals surface area contributed by atoms with E-state index in [1.807, 2.05) is 20.8 Å². The van der Waals surface area contributed by atoms with Crippen molar-refractivity contribution in [3.63, 3.8) is 0 Å². The van der Waals surface area contributed by atoms with E-state index >= 15 is 0 Å². The van der Waals surface area contributed by atoms with Crippen LogP contribution in [-0.4, -0.2) is 28.9 Å². The summed E-state index contributed by atoms with van der Waals surface area (Å²) < 4.78 is 0. The number of pyridine rings is 1. The van der Waals surface area contributed by atoms with Crippen LogP contribution in [0.25, 0.3) is 0 Å². The number of nitrogens with two attached hydrogens (primary N) is 2. The van der Waals surface area contributed by atoms with Crippen LogP contribution in [0.3, 0.4) is 0 Å². The van der Waals surface area contributed by atoms with E-state index in [0.717, 1.165) is 0 Å². The number of aromatic nitrogens is 1. The van der Waals surface area contributed by atoms with Crippen LogP contribution in [0.2, 0.25) is 0 Å². The molecule has 1 rings (SSSR count). The summed E-state index contributed by atoms with van der Waals surface area (Å²) in [5.74, 6) is -0.583. The number of nitrogens with one attached hydrogen (secondary N) is 2. The van der Waals surface area contributed by atoms with Crippen LogP contribution in [0.4, 0.5) is 11.5 Å². The SMILES string of the molecule is CC(C)(C)NC(=O)CNc1nc(C(N)=O)ccc1N. The molecule has 0 atom stereocenters. The molecule has 6 N–H and O–H groups in total. The molecule has 1 heterocycles. The Morgan fingerprint density at radius 1 is 1.32 bits per heavy atom. The summed E-state index contributed by atoms with van der Waals surface area (Å²) in [6, 6.07) is 2.94. The molecular weight excluding hydrogens is 246 g/mol. The van der Waals surface area contributed by atoms with E-state index < -0.39 is 5.91 Å². The van der Waals surface area contributed by atoms with Gasteiger partial charge in [-0.15, -0.1) is 0 Å². The Morgan fingerprint density at radius 3 is 2.47 bits per heavy atom. The third-order valence-electron chi connectivity index (χ3n) is 2.11. The fourth-order valence-electron chi connectivity index (χ4n) is 1.38. The van der Waals surface area contributed by atoms with Gasteiger partial charge in [-0.2, -0.15) is 0 Å². The zero-order valence-electron chi connectivity index (χ0n) is 11.3. The Morgan fingerprint density at radius 2 is 1.95 bits per heavy atom. The number of primary amides is 1. The molecular formula is C12H19N5O2. The van der Waals surface area contributed by atoms with Gasteiger partial charge in [0.2, 0.25) is 5.91 Å². The van der Waals surface area contributed by atoms with Gasteiger partial charge in [0.05, 0.1) is 12.2 Å². The van der Waals surface area contributed by atoms with E-state index in [9.17, 15) is 9.59 Å². The van der Waals surface area contributed by atoms with Crippen molar-refractivity contribution in [2.24, 2.45) is 5.73 Å². The second-order valence-electron chi connectivity index (χ2n) is 5.15. The molecule has 1 aromatic rings. The second kappa shape index (κ2) is 5.55. The summed E-state index contributed by atoms with van der Waals surface area (Å²) in [6.07, 6.45) is 0. The number of carbonyl (C=O) groups excluding carboxylic acids is 2. The van der Waals surface area contributed by atoms with Crippen LogP contribution in [-0.2, 0) is 4.79 Å². The zero-order chi connectivity index (χ0) is 14.6. The molecule has 7 heteroatoms. The molecule has 0 aliphatic heterocycles. The van der Waals surface area contributed by atoms with Crippen LogP contribution in [0.5, 0.6) is 0 Å². The van der Waals surface area contributed by atoms with Gasteiger partial charge in [0, 0.05) is 5.54 Å². The Labute approximate surface area is 111 Å². The Balaban J connectivity index is 2.70. The predicted molar refractivity (Wildman–Crippen MR) is 73.6 cm³/mol. The lowest BCUT2D eigenvalue weighted by molar-refractivity contribution is -0.120. The van der Waals surface area contributed by atoms with E-state index in [4.69, 9.17) is 11.5 Å². The van der Waals surface area contributed by atoms with Crippen molar-refractivity contribution in [1.29, 1.82) is 0 Å². The topological polar surface area (TPSA) is 123 Å². The molecule has 19 heavy (non-hydrogen) atoms. The Hall–Kier alpha value is -2.31. The smallest absolute Gasteiger partial charge is 0.267 e. The average Bonchev–Trinajstić information content (AvgIpc) is 2.25. The lowest BCUT2D eigenvalue weighted by Crippen LogP contribution is -2.43. The number of hydrogen-bond acceptors (Lipinski definition) is 5. The number of carbonyl (C=O) groups is 2. The van der Waals surface area contributed by atoms with Gasteiger partial charge in [-0.1, -0.05) is 0 Å². The monoisotopic (exact) mass is 265 g/mol. The van der Waals surface area contributed by atoms with E-state index in [2.05, 4.69) is 15.6 Å². The van der Waals surface area contributed by atoms with E-state index in [0.29, 0.717) is 5.69 Å². The fraction of sp³-hybridized carbons (Fsp3) is 0.417. The molecule has 0 fully saturated rings. The van der Waals surface area contributed by atoms with Crippen molar-refractivity contribution in [3.8, 4) is 0 Å². The van der Waals surface area contributed by atoms with Crippen LogP contribution in [0.15, 0.2) is 12.1 Å². The van der Waals surface area contributed by atoms with Crippen molar-refractivity contribution in [2.75, 3.05) is 17.6 Å². The molecule has 0 radical (unpaired) electrons. The van der Waals surface area contributed by atoms with Crippen molar-refractivity contribution >= 4 is 23.3 Å². The molecule has 0 spiro atoms. The number of nitrogens with zero attached hydrogens (tertiary/aromatic N) is 1. The van der Waals surface area contributed by atoms with E-state index in [-0.39, 0.29) is 29.5 Å². The number of amides is 2. The Bertz CT molecular complexity index is 493. The summed E-state index contributed by atoms with van der Waals surface area (Å²) >= 11 is 0. The first kappa shape index (κ1) is 14.7. The Kier molecular flexibility index (Phi) is 4.31. The normalized spacial score (nSPS) is 10.9. The summed E-state index contributed by atoms with van der Waals surface area (Å²) in [7, 11) is 0. The first-order valence-corrected chi connectivity index (χ1v) is 5.80. The van der Waals surface area contributed by atoms with Crippen LogP contribution in [0, 0.1) is 0 Å². The lowest BCUT2D eigenvalue weighted by atomic mass is 10.1. The molecule has 0 saturated carbocycles. The molecule has 0 aliphatic rings. The number of nitrogen functional groups attached to an aromatic ring is 1. The quantitative estimate of drug-likeness (QED) is 0.614. The molecule has 0 aliphatic carbocycles. The maximum atomic E-state index is 11.6. The third kappa shape index (κ3) is 4.82. The predicted octanol–water partition coefficient (Wildman–Crippen LogP) is 0.0893. The van der Waals surface area contributed by atoms with E-state index in [1.54, 1.807) is 0 Å². The molecule has 7 nitrogen and oxygen atoms in total. The van der Waals surface area contributed by atoms with Gasteiger partial charge in [-0.25, -0.2) is 4.98 Å². The van der Waals surface area contributed by atoms with Crippen molar-refractivity contribution < 1.29 is 9.59 Å². The highest BCUT2D eigenvalue weighted by atomic mass is 16.2. The van der Waals surface area contributed by atoms with Gasteiger partial charge in [-0.05, 0) is 32.9 Å². The zero-order valence-corrected chi connectivity index (χ0v) is 11.3. The molecule has 0 saturated heterocycles. The van der Waals surface area contributed by atoms with Gasteiger partial charge < -0.3 is 22.1 Å². The standard InChI is InChI=1S/C12H19N5O2/c1-12(2,3)17-9(18)6-15-11-7(13)4-5-8(16-11)10(14)19/h4-5H,6,13H2,1-3H3,(H2,14,19)(H,15,16)(H,17,18). The van der Waals surface area contributed by atoms with Gasteiger partial charge in [0.1, 0.15) is 5.69 Å². The lowest BCUT2D eigenvalue weighted by Gasteiger charge is -2.20. The number of rotatable bonds is 4. The second-order valence-corrected chi connectivity index (χ2v) is 5.15. The highest BCUT2D eigenvalue weighted by Gasteiger charge is 2.14. The maximum Gasteiger partial charge on any atom is 0.267 e. The summed E-state index contributed by atoms with van der Waals surface area (Å²) in [5.41, 5.74) is 10.9. The van der Waals surface area contributed by atoms with Crippen molar-refractivity contribution in [1.82, 2.24) is 10.3 Å². The minimum atomic E-state index is -0.651. The molecule has 0 bridgehead atoms. The molecule has 104 valence electrons. The molecule has 0 aromatic carbocycles. The van der Waals surface area contributed by atoms with Crippen LogP contribution < -0.4 is 22.1 Å². The minimum absolute atomic E-state index is 0.0106. The van der Waals surface area contributed by atoms with Gasteiger partial charge in [0.15, 0.2) is 5.82 Å². The van der Waals surface area contributed by atoms with Gasteiger partial charge >= 0.3 is 0 Å². The fourth-order valence-corrected chi connectivity index (χ4v) is 1.38. The van der Waals surface area contributed by atoms with Gasteiger partial charge in [-0.3, -0.25) is 9.59 Å². The largest absolute Gasteiger partial charge is 0.396 e. The summed E-state index contributed by atoms with van der Waals surface area (Å²) in [5, 5.41) is 5.56. The van der Waals surface area contributed by atoms with Crippen LogP contribution in [0.1, 0.15) is 31.3 Å². The first-order chi connectivity index (χ1) is 8.69. The van der Waals surface area contributed by atoms with Crippen molar-refractivity contribution in [3.05, 3.63) is 17.8 Å².